The van der Waals surface area contributed by atoms with Crippen LogP contribution in [0.3, 0.4) is 0 Å². The normalized spacial score (nSPS) is 19.3. The second-order valence-electron chi connectivity index (χ2n) is 5.96. The summed E-state index contributed by atoms with van der Waals surface area (Å²) in [4.78, 5) is 17.3. The predicted molar refractivity (Wildman–Crippen MR) is 96.4 cm³/mol. The fraction of sp³-hybridized carbons (Fsp3) is 0.375. The number of aromatic nitrogens is 1. The number of benzene rings is 1. The molecule has 0 radical (unpaired) electrons. The average Bonchev–Trinajstić information content (AvgIpc) is 3.07. The van der Waals surface area contributed by atoms with Crippen LogP contribution in [0.4, 0.5) is 5.13 Å². The van der Waals surface area contributed by atoms with Gasteiger partial charge in [0.1, 0.15) is 0 Å². The van der Waals surface area contributed by atoms with E-state index in [0.717, 1.165) is 16.9 Å². The molecule has 128 valence electrons. The number of anilines is 1. The molecule has 1 aromatic carbocycles. The Labute approximate surface area is 150 Å². The minimum atomic E-state index is -2.95. The minimum Gasteiger partial charge on any atom is -0.302 e. The third-order valence-corrected chi connectivity index (χ3v) is 6.89. The number of sulfone groups is 1. The van der Waals surface area contributed by atoms with E-state index in [0.29, 0.717) is 16.6 Å². The van der Waals surface area contributed by atoms with Crippen molar-refractivity contribution in [3.63, 3.8) is 0 Å². The van der Waals surface area contributed by atoms with E-state index in [2.05, 4.69) is 10.3 Å². The Morgan fingerprint density at radius 2 is 2.08 bits per heavy atom. The fourth-order valence-electron chi connectivity index (χ4n) is 2.72. The van der Waals surface area contributed by atoms with Gasteiger partial charge in [-0.2, -0.15) is 0 Å². The van der Waals surface area contributed by atoms with Gasteiger partial charge in [0.2, 0.25) is 5.91 Å². The molecule has 24 heavy (non-hydrogen) atoms. The summed E-state index contributed by atoms with van der Waals surface area (Å²) in [6, 6.07) is 7.61. The molecule has 2 heterocycles. The third kappa shape index (κ3) is 4.78. The van der Waals surface area contributed by atoms with Crippen LogP contribution in [0.15, 0.2) is 30.5 Å². The Morgan fingerprint density at radius 1 is 1.33 bits per heavy atom. The lowest BCUT2D eigenvalue weighted by Crippen LogP contribution is -2.17. The molecule has 1 saturated heterocycles. The number of hydrogen-bond donors (Lipinski definition) is 1. The second kappa shape index (κ2) is 7.21. The number of thiazole rings is 1. The van der Waals surface area contributed by atoms with E-state index in [1.54, 1.807) is 6.20 Å². The van der Waals surface area contributed by atoms with Crippen LogP contribution in [0.25, 0.3) is 0 Å². The van der Waals surface area contributed by atoms with Gasteiger partial charge in [-0.3, -0.25) is 4.79 Å². The Morgan fingerprint density at radius 3 is 2.75 bits per heavy atom. The Kier molecular flexibility index (Phi) is 5.22. The van der Waals surface area contributed by atoms with Gasteiger partial charge in [0.25, 0.3) is 0 Å². The summed E-state index contributed by atoms with van der Waals surface area (Å²) >= 11 is 7.29. The van der Waals surface area contributed by atoms with Crippen LogP contribution in [0, 0.1) is 5.92 Å². The highest BCUT2D eigenvalue weighted by molar-refractivity contribution is 7.91. The maximum atomic E-state index is 12.0. The minimum absolute atomic E-state index is 0.0801. The fourth-order valence-corrected chi connectivity index (χ4v) is 5.57. The van der Waals surface area contributed by atoms with E-state index in [-0.39, 0.29) is 29.8 Å². The highest BCUT2D eigenvalue weighted by atomic mass is 35.5. The van der Waals surface area contributed by atoms with Crippen LogP contribution in [0.5, 0.6) is 0 Å². The smallest absolute Gasteiger partial charge is 0.226 e. The molecule has 0 unspecified atom stereocenters. The van der Waals surface area contributed by atoms with Crippen molar-refractivity contribution in [1.82, 2.24) is 4.98 Å². The molecule has 0 aliphatic carbocycles. The molecular weight excluding hydrogens is 368 g/mol. The van der Waals surface area contributed by atoms with Gasteiger partial charge in [-0.15, -0.1) is 11.3 Å². The van der Waals surface area contributed by atoms with Gasteiger partial charge in [-0.1, -0.05) is 23.7 Å². The largest absolute Gasteiger partial charge is 0.302 e. The summed E-state index contributed by atoms with van der Waals surface area (Å²) in [6.07, 6.45) is 3.27. The molecule has 1 atom stereocenters. The number of nitrogens with one attached hydrogen (secondary N) is 1. The molecule has 1 aliphatic rings. The van der Waals surface area contributed by atoms with Crippen molar-refractivity contribution in [1.29, 1.82) is 0 Å². The second-order valence-corrected chi connectivity index (χ2v) is 9.74. The number of hydrogen-bond acceptors (Lipinski definition) is 5. The molecule has 0 saturated carbocycles. The molecule has 8 heteroatoms. The van der Waals surface area contributed by atoms with Crippen molar-refractivity contribution in [3.05, 3.63) is 45.9 Å². The summed E-state index contributed by atoms with van der Waals surface area (Å²) in [5, 5.41) is 4.01. The van der Waals surface area contributed by atoms with E-state index in [9.17, 15) is 13.2 Å². The van der Waals surface area contributed by atoms with Gasteiger partial charge in [0.05, 0.1) is 11.5 Å². The van der Waals surface area contributed by atoms with Crippen LogP contribution in [0.2, 0.25) is 5.02 Å². The van der Waals surface area contributed by atoms with Gasteiger partial charge in [-0.05, 0) is 30.0 Å². The Balaban J connectivity index is 1.54. The first-order chi connectivity index (χ1) is 11.4. The number of rotatable bonds is 5. The molecular formula is C16H17ClN2O3S2. The van der Waals surface area contributed by atoms with Crippen molar-refractivity contribution in [3.8, 4) is 0 Å². The highest BCUT2D eigenvalue weighted by Crippen LogP contribution is 2.24. The summed E-state index contributed by atoms with van der Waals surface area (Å²) in [5.41, 5.74) is 1.12. The van der Waals surface area contributed by atoms with Gasteiger partial charge in [-0.25, -0.2) is 13.4 Å². The van der Waals surface area contributed by atoms with Crippen molar-refractivity contribution in [2.45, 2.75) is 19.3 Å². The van der Waals surface area contributed by atoms with Gasteiger partial charge < -0.3 is 5.32 Å². The quantitative estimate of drug-likeness (QED) is 0.859. The molecule has 5 nitrogen and oxygen atoms in total. The highest BCUT2D eigenvalue weighted by Gasteiger charge is 2.29. The molecule has 2 aromatic rings. The lowest BCUT2D eigenvalue weighted by molar-refractivity contribution is -0.116. The predicted octanol–water partition coefficient (Wildman–Crippen LogP) is 3.15. The maximum absolute atomic E-state index is 12.0. The first-order valence-corrected chi connectivity index (χ1v) is 10.6. The van der Waals surface area contributed by atoms with E-state index < -0.39 is 9.84 Å². The summed E-state index contributed by atoms with van der Waals surface area (Å²) in [6.45, 7) is 0. The van der Waals surface area contributed by atoms with Gasteiger partial charge >= 0.3 is 0 Å². The number of carbonyl (C=O) groups is 1. The SMILES string of the molecule is O=C(C[C@H]1CCS(=O)(=O)C1)Nc1ncc(Cc2ccc(Cl)cc2)s1. The van der Waals surface area contributed by atoms with E-state index in [1.165, 1.54) is 11.3 Å². The first kappa shape index (κ1) is 17.4. The molecule has 3 rings (SSSR count). The monoisotopic (exact) mass is 384 g/mol. The summed E-state index contributed by atoms with van der Waals surface area (Å²) in [7, 11) is -2.95. The molecule has 1 fully saturated rings. The van der Waals surface area contributed by atoms with Crippen molar-refractivity contribution in [2.24, 2.45) is 5.92 Å². The van der Waals surface area contributed by atoms with Crippen molar-refractivity contribution in [2.75, 3.05) is 16.8 Å². The maximum Gasteiger partial charge on any atom is 0.226 e. The number of halogens is 1. The zero-order valence-corrected chi connectivity index (χ0v) is 15.3. The molecule has 0 bridgehead atoms. The van der Waals surface area contributed by atoms with E-state index in [4.69, 9.17) is 11.6 Å². The van der Waals surface area contributed by atoms with Crippen LogP contribution in [-0.4, -0.2) is 30.8 Å². The molecule has 1 aliphatic heterocycles. The standard InChI is InChI=1S/C16H17ClN2O3S2/c17-13-3-1-11(2-4-13)7-14-9-18-16(23-14)19-15(20)8-12-5-6-24(21,22)10-12/h1-4,9,12H,5-8,10H2,(H,18,19,20)/t12-/m1/s1. The molecule has 1 N–H and O–H groups in total. The van der Waals surface area contributed by atoms with Crippen molar-refractivity contribution < 1.29 is 13.2 Å². The third-order valence-electron chi connectivity index (χ3n) is 3.89. The summed E-state index contributed by atoms with van der Waals surface area (Å²) in [5.74, 6) is 0.0427. The van der Waals surface area contributed by atoms with Crippen LogP contribution in [-0.2, 0) is 21.1 Å². The number of nitrogens with zero attached hydrogens (tertiary/aromatic N) is 1. The van der Waals surface area contributed by atoms with Crippen molar-refractivity contribution >= 4 is 43.8 Å². The number of carbonyl (C=O) groups excluding carboxylic acids is 1. The van der Waals surface area contributed by atoms with Crippen LogP contribution >= 0.6 is 22.9 Å². The van der Waals surface area contributed by atoms with Crippen LogP contribution in [0.1, 0.15) is 23.3 Å². The molecule has 1 amide bonds. The lowest BCUT2D eigenvalue weighted by Gasteiger charge is -2.06. The van der Waals surface area contributed by atoms with Gasteiger partial charge in [0, 0.05) is 28.9 Å². The van der Waals surface area contributed by atoms with Crippen LogP contribution < -0.4 is 5.32 Å². The summed E-state index contributed by atoms with van der Waals surface area (Å²) < 4.78 is 22.9. The Hall–Kier alpha value is -1.44. The first-order valence-electron chi connectivity index (χ1n) is 7.59. The zero-order valence-electron chi connectivity index (χ0n) is 12.9. The Bertz CT molecular complexity index is 831. The zero-order chi connectivity index (χ0) is 17.2. The topological polar surface area (TPSA) is 76.1 Å². The van der Waals surface area contributed by atoms with Gasteiger partial charge in [0.15, 0.2) is 15.0 Å². The number of amides is 1. The molecule has 0 spiro atoms. The van der Waals surface area contributed by atoms with E-state index in [1.807, 2.05) is 24.3 Å². The average molecular weight is 385 g/mol. The van der Waals surface area contributed by atoms with E-state index >= 15 is 0 Å². The lowest BCUT2D eigenvalue weighted by atomic mass is 10.1. The molecule has 1 aromatic heterocycles.